The van der Waals surface area contributed by atoms with E-state index in [-0.39, 0.29) is 6.04 Å². The minimum absolute atomic E-state index is 0.0372. The molecule has 1 aromatic rings. The predicted molar refractivity (Wildman–Crippen MR) is 72.4 cm³/mol. The molecule has 2 heteroatoms. The second-order valence-electron chi connectivity index (χ2n) is 4.50. The van der Waals surface area contributed by atoms with Crippen molar-refractivity contribution in [2.75, 3.05) is 6.54 Å². The lowest BCUT2D eigenvalue weighted by molar-refractivity contribution is -0.120. The summed E-state index contributed by atoms with van der Waals surface area (Å²) in [5.74, 6) is 0.300. The van der Waals surface area contributed by atoms with E-state index in [1.807, 2.05) is 13.8 Å². The number of ketones is 1. The molecular weight excluding hydrogens is 210 g/mol. The van der Waals surface area contributed by atoms with Gasteiger partial charge in [-0.3, -0.25) is 4.79 Å². The minimum Gasteiger partial charge on any atom is -0.307 e. The highest BCUT2D eigenvalue weighted by Crippen LogP contribution is 2.16. The van der Waals surface area contributed by atoms with Gasteiger partial charge in [0.2, 0.25) is 0 Å². The van der Waals surface area contributed by atoms with Crippen molar-refractivity contribution in [2.24, 2.45) is 0 Å². The van der Waals surface area contributed by atoms with Crippen LogP contribution in [0.5, 0.6) is 0 Å². The molecular formula is C15H23NO. The monoisotopic (exact) mass is 233 g/mol. The van der Waals surface area contributed by atoms with Crippen LogP contribution >= 0.6 is 0 Å². The van der Waals surface area contributed by atoms with Crippen molar-refractivity contribution in [3.05, 3.63) is 34.9 Å². The first kappa shape index (κ1) is 13.9. The summed E-state index contributed by atoms with van der Waals surface area (Å²) in [6, 6.07) is 6.26. The highest BCUT2D eigenvalue weighted by Gasteiger charge is 2.17. The molecule has 0 aliphatic carbocycles. The Labute approximate surface area is 104 Å². The van der Waals surface area contributed by atoms with Crippen LogP contribution in [0, 0.1) is 13.8 Å². The van der Waals surface area contributed by atoms with Crippen molar-refractivity contribution in [1.82, 2.24) is 5.32 Å². The lowest BCUT2D eigenvalue weighted by Crippen LogP contribution is -2.38. The zero-order valence-electron chi connectivity index (χ0n) is 11.3. The number of likely N-dealkylation sites (N-methyl/N-ethyl adjacent to an activating group) is 1. The Kier molecular flexibility index (Phi) is 5.36. The predicted octanol–water partition coefficient (Wildman–Crippen LogP) is 2.80. The number of carbonyl (C=O) groups is 1. The molecule has 17 heavy (non-hydrogen) atoms. The van der Waals surface area contributed by atoms with Crippen molar-refractivity contribution in [3.8, 4) is 0 Å². The van der Waals surface area contributed by atoms with Gasteiger partial charge in [-0.1, -0.05) is 32.0 Å². The maximum Gasteiger partial charge on any atom is 0.149 e. The van der Waals surface area contributed by atoms with E-state index in [1.54, 1.807) is 0 Å². The van der Waals surface area contributed by atoms with Crippen LogP contribution in [0.4, 0.5) is 0 Å². The number of benzene rings is 1. The van der Waals surface area contributed by atoms with Gasteiger partial charge in [-0.05, 0) is 43.5 Å². The lowest BCUT2D eigenvalue weighted by atomic mass is 9.94. The van der Waals surface area contributed by atoms with Crippen LogP contribution < -0.4 is 5.32 Å². The number of hydrogen-bond donors (Lipinski definition) is 1. The van der Waals surface area contributed by atoms with Crippen LogP contribution in [0.25, 0.3) is 0 Å². The maximum atomic E-state index is 11.9. The Morgan fingerprint density at radius 3 is 2.29 bits per heavy atom. The smallest absolute Gasteiger partial charge is 0.149 e. The fraction of sp³-hybridized carbons (Fsp3) is 0.533. The van der Waals surface area contributed by atoms with Crippen molar-refractivity contribution < 1.29 is 4.79 Å². The van der Waals surface area contributed by atoms with E-state index < -0.39 is 0 Å². The van der Waals surface area contributed by atoms with E-state index in [0.29, 0.717) is 12.2 Å². The summed E-state index contributed by atoms with van der Waals surface area (Å²) in [7, 11) is 0. The van der Waals surface area contributed by atoms with Gasteiger partial charge in [0, 0.05) is 6.42 Å². The molecule has 0 unspecified atom stereocenters. The highest BCUT2D eigenvalue weighted by atomic mass is 16.1. The third-order valence-electron chi connectivity index (χ3n) is 3.24. The quantitative estimate of drug-likeness (QED) is 0.818. The van der Waals surface area contributed by atoms with Gasteiger partial charge in [0.25, 0.3) is 0 Å². The Hall–Kier alpha value is -1.15. The molecule has 0 amide bonds. The van der Waals surface area contributed by atoms with Gasteiger partial charge >= 0.3 is 0 Å². The molecule has 1 atom stereocenters. The van der Waals surface area contributed by atoms with Gasteiger partial charge in [0.05, 0.1) is 6.04 Å². The van der Waals surface area contributed by atoms with E-state index in [2.05, 4.69) is 37.4 Å². The first-order chi connectivity index (χ1) is 8.10. The summed E-state index contributed by atoms with van der Waals surface area (Å²) in [5, 5.41) is 3.29. The molecule has 0 spiro atoms. The van der Waals surface area contributed by atoms with Gasteiger partial charge in [0.1, 0.15) is 5.78 Å². The summed E-state index contributed by atoms with van der Waals surface area (Å²) < 4.78 is 0. The standard InChI is InChI=1S/C15H23NO/c1-5-15(17)14(16-6-2)10-13-11(3)8-7-9-12(13)4/h7-9,14,16H,5-6,10H2,1-4H3/t14-/m1/s1. The van der Waals surface area contributed by atoms with Crippen molar-refractivity contribution in [2.45, 2.75) is 46.6 Å². The van der Waals surface area contributed by atoms with Crippen LogP contribution in [0.3, 0.4) is 0 Å². The van der Waals surface area contributed by atoms with Crippen molar-refractivity contribution >= 4 is 5.78 Å². The first-order valence-electron chi connectivity index (χ1n) is 6.41. The zero-order valence-corrected chi connectivity index (χ0v) is 11.3. The molecule has 0 aliphatic rings. The second-order valence-corrected chi connectivity index (χ2v) is 4.50. The van der Waals surface area contributed by atoms with E-state index in [0.717, 1.165) is 13.0 Å². The van der Waals surface area contributed by atoms with Crippen LogP contribution in [0.1, 0.15) is 37.0 Å². The molecule has 1 aromatic carbocycles. The molecule has 0 fully saturated rings. The topological polar surface area (TPSA) is 29.1 Å². The average Bonchev–Trinajstić information content (AvgIpc) is 2.31. The molecule has 1 rings (SSSR count). The maximum absolute atomic E-state index is 11.9. The minimum atomic E-state index is -0.0372. The highest BCUT2D eigenvalue weighted by molar-refractivity contribution is 5.84. The van der Waals surface area contributed by atoms with Gasteiger partial charge in [0.15, 0.2) is 0 Å². The molecule has 0 saturated heterocycles. The van der Waals surface area contributed by atoms with Crippen LogP contribution in [0.15, 0.2) is 18.2 Å². The fourth-order valence-electron chi connectivity index (χ4n) is 2.17. The zero-order chi connectivity index (χ0) is 12.8. The van der Waals surface area contributed by atoms with Crippen molar-refractivity contribution in [3.63, 3.8) is 0 Å². The molecule has 1 N–H and O–H groups in total. The first-order valence-corrected chi connectivity index (χ1v) is 6.41. The molecule has 0 aromatic heterocycles. The number of carbonyl (C=O) groups excluding carboxylic acids is 1. The number of aryl methyl sites for hydroxylation is 2. The second kappa shape index (κ2) is 6.55. The Balaban J connectivity index is 2.89. The fourth-order valence-corrected chi connectivity index (χ4v) is 2.17. The molecule has 2 nitrogen and oxygen atoms in total. The summed E-state index contributed by atoms with van der Waals surface area (Å²) in [5.41, 5.74) is 3.86. The van der Waals surface area contributed by atoms with Gasteiger partial charge in [-0.2, -0.15) is 0 Å². The van der Waals surface area contributed by atoms with E-state index in [1.165, 1.54) is 16.7 Å². The summed E-state index contributed by atoms with van der Waals surface area (Å²) >= 11 is 0. The molecule has 0 saturated carbocycles. The SMILES string of the molecule is CCN[C@H](Cc1c(C)cccc1C)C(=O)CC. The summed E-state index contributed by atoms with van der Waals surface area (Å²) in [4.78, 5) is 11.9. The molecule has 0 bridgehead atoms. The third-order valence-corrected chi connectivity index (χ3v) is 3.24. The Morgan fingerprint density at radius 2 is 1.82 bits per heavy atom. The van der Waals surface area contributed by atoms with Crippen LogP contribution in [0.2, 0.25) is 0 Å². The molecule has 94 valence electrons. The van der Waals surface area contributed by atoms with E-state index in [9.17, 15) is 4.79 Å². The Bertz CT molecular complexity index is 364. The van der Waals surface area contributed by atoms with Gasteiger partial charge in [-0.15, -0.1) is 0 Å². The van der Waals surface area contributed by atoms with Gasteiger partial charge < -0.3 is 5.32 Å². The van der Waals surface area contributed by atoms with E-state index >= 15 is 0 Å². The average molecular weight is 233 g/mol. The number of hydrogen-bond acceptors (Lipinski definition) is 2. The normalized spacial score (nSPS) is 12.5. The number of Topliss-reactive ketones (excluding diaryl/α,β-unsaturated/α-hetero) is 1. The van der Waals surface area contributed by atoms with E-state index in [4.69, 9.17) is 0 Å². The summed E-state index contributed by atoms with van der Waals surface area (Å²) in [6.07, 6.45) is 1.40. The molecule has 0 aliphatic heterocycles. The Morgan fingerprint density at radius 1 is 1.24 bits per heavy atom. The third kappa shape index (κ3) is 3.67. The summed E-state index contributed by atoms with van der Waals surface area (Å²) in [6.45, 7) is 9.03. The van der Waals surface area contributed by atoms with Crippen molar-refractivity contribution in [1.29, 1.82) is 0 Å². The van der Waals surface area contributed by atoms with Crippen LogP contribution in [-0.2, 0) is 11.2 Å². The molecule has 0 heterocycles. The molecule has 0 radical (unpaired) electrons. The largest absolute Gasteiger partial charge is 0.307 e. The number of nitrogens with one attached hydrogen (secondary N) is 1. The van der Waals surface area contributed by atoms with Gasteiger partial charge in [-0.25, -0.2) is 0 Å². The van der Waals surface area contributed by atoms with Crippen LogP contribution in [-0.4, -0.2) is 18.4 Å². The number of rotatable bonds is 6. The lowest BCUT2D eigenvalue weighted by Gasteiger charge is -2.18.